The van der Waals surface area contributed by atoms with Gasteiger partial charge in [-0.25, -0.2) is 13.2 Å². The van der Waals surface area contributed by atoms with E-state index in [0.717, 1.165) is 4.31 Å². The minimum absolute atomic E-state index is 0.0158. The van der Waals surface area contributed by atoms with Gasteiger partial charge in [0.05, 0.1) is 5.02 Å². The predicted octanol–water partition coefficient (Wildman–Crippen LogP) is 3.36. The summed E-state index contributed by atoms with van der Waals surface area (Å²) in [6.45, 7) is 3.26. The monoisotopic (exact) mass is 418 g/mol. The zero-order valence-corrected chi connectivity index (χ0v) is 16.4. The Balaban J connectivity index is 1.88. The lowest BCUT2D eigenvalue weighted by Gasteiger charge is -2.22. The molecule has 0 N–H and O–H groups in total. The van der Waals surface area contributed by atoms with Crippen LogP contribution in [0.4, 0.5) is 0 Å². The van der Waals surface area contributed by atoms with Gasteiger partial charge in [-0.15, -0.1) is 0 Å². The molecule has 140 valence electrons. The van der Waals surface area contributed by atoms with Crippen molar-refractivity contribution < 1.29 is 22.5 Å². The lowest BCUT2D eigenvalue weighted by Crippen LogP contribution is -2.42. The van der Waals surface area contributed by atoms with Crippen LogP contribution in [-0.2, 0) is 14.8 Å². The number of nitrogens with zero attached hydrogens (tertiary/aromatic N) is 2. The molecule has 10 heteroatoms. The van der Waals surface area contributed by atoms with E-state index in [1.165, 1.54) is 13.0 Å². The molecule has 0 spiro atoms. The highest BCUT2D eigenvalue weighted by Gasteiger charge is 2.43. The normalized spacial score (nSPS) is 18.2. The van der Waals surface area contributed by atoms with Gasteiger partial charge in [0.15, 0.2) is 11.5 Å². The molecule has 1 saturated heterocycles. The number of aromatic nitrogens is 1. The van der Waals surface area contributed by atoms with Gasteiger partial charge in [0.2, 0.25) is 10.0 Å². The molecule has 26 heavy (non-hydrogen) atoms. The molecular weight excluding hydrogens is 403 g/mol. The molecule has 1 fully saturated rings. The quantitative estimate of drug-likeness (QED) is 0.558. The molecule has 0 amide bonds. The van der Waals surface area contributed by atoms with Crippen molar-refractivity contribution in [3.63, 3.8) is 0 Å². The Morgan fingerprint density at radius 2 is 2.08 bits per heavy atom. The van der Waals surface area contributed by atoms with Crippen molar-refractivity contribution in [3.8, 4) is 5.75 Å². The molecule has 3 rings (SSSR count). The summed E-state index contributed by atoms with van der Waals surface area (Å²) < 4.78 is 37.4. The van der Waals surface area contributed by atoms with Crippen molar-refractivity contribution in [2.75, 3.05) is 6.54 Å². The molecule has 1 aromatic carbocycles. The Morgan fingerprint density at radius 1 is 1.35 bits per heavy atom. The third kappa shape index (κ3) is 3.34. The van der Waals surface area contributed by atoms with Gasteiger partial charge in [-0.05, 0) is 38.8 Å². The highest BCUT2D eigenvalue weighted by atomic mass is 35.5. The van der Waals surface area contributed by atoms with E-state index in [4.69, 9.17) is 32.5 Å². The van der Waals surface area contributed by atoms with Gasteiger partial charge < -0.3 is 9.26 Å². The smallest absolute Gasteiger partial charge is 0.329 e. The molecule has 7 nitrogen and oxygen atoms in total. The average molecular weight is 419 g/mol. The highest BCUT2D eigenvalue weighted by Crippen LogP contribution is 2.34. The van der Waals surface area contributed by atoms with Crippen LogP contribution in [0.25, 0.3) is 0 Å². The van der Waals surface area contributed by atoms with Crippen LogP contribution in [0, 0.1) is 13.8 Å². The molecule has 0 unspecified atom stereocenters. The SMILES string of the molecule is Cc1noc(C)c1S(=O)(=O)N1CCC[C@@H]1C(=O)Oc1cccc(Cl)c1Cl. The Hall–Kier alpha value is -1.61. The van der Waals surface area contributed by atoms with Crippen molar-refractivity contribution in [1.82, 2.24) is 9.46 Å². The van der Waals surface area contributed by atoms with Crippen molar-refractivity contribution >= 4 is 39.2 Å². The molecule has 0 bridgehead atoms. The molecule has 1 atom stereocenters. The predicted molar refractivity (Wildman–Crippen MR) is 95.0 cm³/mol. The molecule has 1 aromatic heterocycles. The fourth-order valence-corrected chi connectivity index (χ4v) is 5.23. The van der Waals surface area contributed by atoms with Crippen LogP contribution in [0.15, 0.2) is 27.6 Å². The summed E-state index contributed by atoms with van der Waals surface area (Å²) in [6.07, 6.45) is 0.880. The Labute approximate surface area is 160 Å². The second-order valence-electron chi connectivity index (χ2n) is 5.90. The van der Waals surface area contributed by atoms with E-state index in [1.54, 1.807) is 19.1 Å². The summed E-state index contributed by atoms with van der Waals surface area (Å²) in [5.41, 5.74) is 0.249. The first kappa shape index (κ1) is 19.2. The van der Waals surface area contributed by atoms with Crippen molar-refractivity contribution in [2.24, 2.45) is 0 Å². The van der Waals surface area contributed by atoms with Crippen LogP contribution >= 0.6 is 23.2 Å². The molecule has 2 heterocycles. The first-order valence-electron chi connectivity index (χ1n) is 7.84. The van der Waals surface area contributed by atoms with E-state index >= 15 is 0 Å². The van der Waals surface area contributed by atoms with Gasteiger partial charge in [-0.3, -0.25) is 0 Å². The first-order valence-corrected chi connectivity index (χ1v) is 10.0. The number of sulfonamides is 1. The zero-order valence-electron chi connectivity index (χ0n) is 14.0. The maximum absolute atomic E-state index is 13.0. The summed E-state index contributed by atoms with van der Waals surface area (Å²) in [6, 6.07) is 3.69. The van der Waals surface area contributed by atoms with E-state index in [1.807, 2.05) is 0 Å². The van der Waals surface area contributed by atoms with Crippen LogP contribution in [-0.4, -0.2) is 36.4 Å². The van der Waals surface area contributed by atoms with Crippen molar-refractivity contribution in [3.05, 3.63) is 39.7 Å². The molecule has 0 aliphatic carbocycles. The number of carbonyl (C=O) groups excluding carboxylic acids is 1. The number of carbonyl (C=O) groups is 1. The number of ether oxygens (including phenoxy) is 1. The maximum Gasteiger partial charge on any atom is 0.329 e. The third-order valence-corrected chi connectivity index (χ3v) is 7.09. The van der Waals surface area contributed by atoms with E-state index in [-0.39, 0.29) is 38.7 Å². The van der Waals surface area contributed by atoms with Crippen LogP contribution < -0.4 is 4.74 Å². The number of hydrogen-bond acceptors (Lipinski definition) is 6. The average Bonchev–Trinajstić information content (AvgIpc) is 3.19. The van der Waals surface area contributed by atoms with E-state index < -0.39 is 22.0 Å². The maximum atomic E-state index is 13.0. The topological polar surface area (TPSA) is 89.7 Å². The molecule has 0 saturated carbocycles. The Kier molecular flexibility index (Phi) is 5.30. The molecule has 1 aliphatic rings. The fraction of sp³-hybridized carbons (Fsp3) is 0.375. The second-order valence-corrected chi connectivity index (χ2v) is 8.51. The first-order chi connectivity index (χ1) is 12.2. The molecule has 2 aromatic rings. The summed E-state index contributed by atoms with van der Waals surface area (Å²) >= 11 is 11.9. The number of aryl methyl sites for hydroxylation is 2. The van der Waals surface area contributed by atoms with Gasteiger partial charge in [-0.2, -0.15) is 4.31 Å². The van der Waals surface area contributed by atoms with Crippen LogP contribution in [0.3, 0.4) is 0 Å². The van der Waals surface area contributed by atoms with Crippen LogP contribution in [0.2, 0.25) is 10.0 Å². The lowest BCUT2D eigenvalue weighted by atomic mass is 10.2. The number of esters is 1. The standard InChI is InChI=1S/C16H16Cl2N2O5S/c1-9-15(10(2)25-19-9)26(22,23)20-8-4-6-12(20)16(21)24-13-7-3-5-11(17)14(13)18/h3,5,7,12H,4,6,8H2,1-2H3/t12-/m1/s1. The van der Waals surface area contributed by atoms with Gasteiger partial charge in [0.1, 0.15) is 21.7 Å². The highest BCUT2D eigenvalue weighted by molar-refractivity contribution is 7.89. The minimum Gasteiger partial charge on any atom is -0.424 e. The number of rotatable bonds is 4. The molecular formula is C16H16Cl2N2O5S. The van der Waals surface area contributed by atoms with Gasteiger partial charge in [-0.1, -0.05) is 34.4 Å². The lowest BCUT2D eigenvalue weighted by molar-refractivity contribution is -0.137. The summed E-state index contributed by atoms with van der Waals surface area (Å²) in [5, 5.41) is 4.02. The van der Waals surface area contributed by atoms with E-state index in [2.05, 4.69) is 5.16 Å². The van der Waals surface area contributed by atoms with Gasteiger partial charge in [0.25, 0.3) is 0 Å². The largest absolute Gasteiger partial charge is 0.424 e. The summed E-state index contributed by atoms with van der Waals surface area (Å²) in [7, 11) is -3.94. The van der Waals surface area contributed by atoms with E-state index in [0.29, 0.717) is 12.8 Å². The number of benzene rings is 1. The van der Waals surface area contributed by atoms with Gasteiger partial charge in [0, 0.05) is 6.54 Å². The van der Waals surface area contributed by atoms with Crippen LogP contribution in [0.5, 0.6) is 5.75 Å². The second kappa shape index (κ2) is 7.19. The Morgan fingerprint density at radius 3 is 2.73 bits per heavy atom. The summed E-state index contributed by atoms with van der Waals surface area (Å²) in [4.78, 5) is 12.6. The van der Waals surface area contributed by atoms with E-state index in [9.17, 15) is 13.2 Å². The molecule has 0 radical (unpaired) electrons. The van der Waals surface area contributed by atoms with Crippen molar-refractivity contribution in [1.29, 1.82) is 0 Å². The third-order valence-electron chi connectivity index (χ3n) is 4.14. The van der Waals surface area contributed by atoms with Crippen LogP contribution in [0.1, 0.15) is 24.3 Å². The minimum atomic E-state index is -3.94. The summed E-state index contributed by atoms with van der Waals surface area (Å²) in [5.74, 6) is -0.438. The van der Waals surface area contributed by atoms with Crippen molar-refractivity contribution in [2.45, 2.75) is 37.6 Å². The number of halogens is 2. The molecule has 1 aliphatic heterocycles. The van der Waals surface area contributed by atoms with Gasteiger partial charge >= 0.3 is 5.97 Å². The fourth-order valence-electron chi connectivity index (χ4n) is 2.96. The number of hydrogen-bond donors (Lipinski definition) is 0. The zero-order chi connectivity index (χ0) is 19.1. The Bertz CT molecular complexity index is 938.